The minimum absolute atomic E-state index is 0.313. The van der Waals surface area contributed by atoms with Crippen LogP contribution in [0, 0.1) is 18.2 Å². The van der Waals surface area contributed by atoms with Gasteiger partial charge in [-0.3, -0.25) is 0 Å². The lowest BCUT2D eigenvalue weighted by molar-refractivity contribution is 0.626. The van der Waals surface area contributed by atoms with Crippen molar-refractivity contribution >= 4 is 22.4 Å². The molecule has 0 N–H and O–H groups in total. The normalized spacial score (nSPS) is 10.5. The average Bonchev–Trinajstić information content (AvgIpc) is 2.33. The molecule has 17 heavy (non-hydrogen) atoms. The third-order valence-corrected chi connectivity index (χ3v) is 3.16. The summed E-state index contributed by atoms with van der Waals surface area (Å²) >= 11 is 6.12. The van der Waals surface area contributed by atoms with E-state index < -0.39 is 0 Å². The quantitative estimate of drug-likeness (QED) is 0.681. The highest BCUT2D eigenvalue weighted by Gasteiger charge is 2.11. The van der Waals surface area contributed by atoms with Crippen LogP contribution in [0.1, 0.15) is 24.5 Å². The van der Waals surface area contributed by atoms with E-state index in [2.05, 4.69) is 12.8 Å². The van der Waals surface area contributed by atoms with Crippen molar-refractivity contribution in [3.63, 3.8) is 0 Å². The number of halogens is 2. The van der Waals surface area contributed by atoms with Crippen LogP contribution in [0.25, 0.3) is 10.8 Å². The first-order valence-electron chi connectivity index (χ1n) is 5.55. The molecule has 0 aliphatic rings. The molecule has 0 nitrogen and oxygen atoms in total. The van der Waals surface area contributed by atoms with E-state index in [0.717, 1.165) is 29.2 Å². The molecule has 0 saturated heterocycles. The summed E-state index contributed by atoms with van der Waals surface area (Å²) in [6.07, 6.45) is 7.25. The molecule has 2 aromatic carbocycles. The number of fused-ring (bicyclic) bond motifs is 1. The van der Waals surface area contributed by atoms with E-state index in [-0.39, 0.29) is 5.82 Å². The minimum atomic E-state index is -0.361. The van der Waals surface area contributed by atoms with Gasteiger partial charge in [0.05, 0.1) is 5.56 Å². The predicted molar refractivity (Wildman–Crippen MR) is 70.8 cm³/mol. The summed E-state index contributed by atoms with van der Waals surface area (Å²) in [5.74, 6) is 2.07. The molecule has 86 valence electrons. The van der Waals surface area contributed by atoms with Gasteiger partial charge < -0.3 is 0 Å². The van der Waals surface area contributed by atoms with Gasteiger partial charge in [0.2, 0.25) is 0 Å². The topological polar surface area (TPSA) is 0 Å². The standard InChI is InChI=1S/C15H12ClF/c1-3-5-10-6-8-13(16)12-7-9-14(17)11(4-2)15(10)12/h2,6-9H,3,5H2,1H3. The smallest absolute Gasteiger partial charge is 0.139 e. The van der Waals surface area contributed by atoms with Crippen molar-refractivity contribution in [3.05, 3.63) is 46.2 Å². The fraction of sp³-hybridized carbons (Fsp3) is 0.200. The third-order valence-electron chi connectivity index (χ3n) is 2.83. The van der Waals surface area contributed by atoms with Crippen molar-refractivity contribution in [1.82, 2.24) is 0 Å². The molecule has 0 aliphatic carbocycles. The van der Waals surface area contributed by atoms with Crippen LogP contribution in [0.5, 0.6) is 0 Å². The van der Waals surface area contributed by atoms with Gasteiger partial charge in [-0.1, -0.05) is 36.9 Å². The Morgan fingerprint density at radius 3 is 2.71 bits per heavy atom. The lowest BCUT2D eigenvalue weighted by atomic mass is 9.96. The monoisotopic (exact) mass is 246 g/mol. The Bertz CT molecular complexity index is 608. The van der Waals surface area contributed by atoms with Crippen LogP contribution >= 0.6 is 11.6 Å². The van der Waals surface area contributed by atoms with E-state index in [1.165, 1.54) is 6.07 Å². The maximum absolute atomic E-state index is 13.7. The van der Waals surface area contributed by atoms with Crippen LogP contribution in [-0.4, -0.2) is 0 Å². The average molecular weight is 247 g/mol. The molecule has 0 fully saturated rings. The van der Waals surface area contributed by atoms with Crippen molar-refractivity contribution in [2.45, 2.75) is 19.8 Å². The highest BCUT2D eigenvalue weighted by molar-refractivity contribution is 6.35. The Kier molecular flexibility index (Phi) is 3.36. The minimum Gasteiger partial charge on any atom is -0.206 e. The second-order valence-electron chi connectivity index (χ2n) is 3.95. The summed E-state index contributed by atoms with van der Waals surface area (Å²) in [7, 11) is 0. The van der Waals surface area contributed by atoms with Gasteiger partial charge in [0.25, 0.3) is 0 Å². The van der Waals surface area contributed by atoms with E-state index >= 15 is 0 Å². The molecule has 2 rings (SSSR count). The second-order valence-corrected chi connectivity index (χ2v) is 4.35. The Balaban J connectivity index is 2.90. The molecular formula is C15H12ClF. The number of aryl methyl sites for hydroxylation is 1. The van der Waals surface area contributed by atoms with Crippen molar-refractivity contribution in [2.75, 3.05) is 0 Å². The van der Waals surface area contributed by atoms with Gasteiger partial charge in [-0.2, -0.15) is 0 Å². The lowest BCUT2D eigenvalue weighted by Gasteiger charge is -2.10. The second kappa shape index (κ2) is 4.77. The number of hydrogen-bond acceptors (Lipinski definition) is 0. The molecule has 0 bridgehead atoms. The molecule has 0 radical (unpaired) electrons. The highest BCUT2D eigenvalue weighted by atomic mass is 35.5. The number of benzene rings is 2. The largest absolute Gasteiger partial charge is 0.206 e. The zero-order valence-corrected chi connectivity index (χ0v) is 10.3. The number of rotatable bonds is 2. The fourth-order valence-electron chi connectivity index (χ4n) is 2.08. The van der Waals surface area contributed by atoms with Gasteiger partial charge in [-0.15, -0.1) is 6.42 Å². The van der Waals surface area contributed by atoms with Gasteiger partial charge in [-0.25, -0.2) is 4.39 Å². The third kappa shape index (κ3) is 2.01. The lowest BCUT2D eigenvalue weighted by Crippen LogP contribution is -1.93. The molecule has 2 aromatic rings. The molecule has 0 amide bonds. The van der Waals surface area contributed by atoms with E-state index in [1.54, 1.807) is 6.07 Å². The highest BCUT2D eigenvalue weighted by Crippen LogP contribution is 2.31. The molecular weight excluding hydrogens is 235 g/mol. The molecule has 0 heterocycles. The van der Waals surface area contributed by atoms with E-state index in [4.69, 9.17) is 18.0 Å². The summed E-state index contributed by atoms with van der Waals surface area (Å²) in [4.78, 5) is 0. The van der Waals surface area contributed by atoms with Crippen LogP contribution in [0.2, 0.25) is 5.02 Å². The van der Waals surface area contributed by atoms with Crippen LogP contribution in [0.15, 0.2) is 24.3 Å². The maximum atomic E-state index is 13.7. The Morgan fingerprint density at radius 1 is 1.29 bits per heavy atom. The van der Waals surface area contributed by atoms with E-state index in [9.17, 15) is 4.39 Å². The first-order valence-corrected chi connectivity index (χ1v) is 5.93. The van der Waals surface area contributed by atoms with Crippen LogP contribution in [0.4, 0.5) is 4.39 Å². The van der Waals surface area contributed by atoms with E-state index in [0.29, 0.717) is 10.6 Å². The summed E-state index contributed by atoms with van der Waals surface area (Å²) in [6.45, 7) is 2.08. The van der Waals surface area contributed by atoms with Crippen molar-refractivity contribution < 1.29 is 4.39 Å². The Labute approximate surface area is 105 Å². The van der Waals surface area contributed by atoms with Crippen LogP contribution in [-0.2, 0) is 6.42 Å². The summed E-state index contributed by atoms with van der Waals surface area (Å²) < 4.78 is 13.7. The SMILES string of the molecule is C#Cc1c(F)ccc2c(Cl)ccc(CCC)c12. The summed E-state index contributed by atoms with van der Waals surface area (Å²) in [6, 6.07) is 6.83. The number of hydrogen-bond donors (Lipinski definition) is 0. The van der Waals surface area contributed by atoms with E-state index in [1.807, 2.05) is 12.1 Å². The van der Waals surface area contributed by atoms with Crippen molar-refractivity contribution in [2.24, 2.45) is 0 Å². The molecule has 0 aromatic heterocycles. The fourth-order valence-corrected chi connectivity index (χ4v) is 2.30. The molecule has 0 aliphatic heterocycles. The first-order chi connectivity index (χ1) is 8.19. The predicted octanol–water partition coefficient (Wildman–Crippen LogP) is 4.57. The summed E-state index contributed by atoms with van der Waals surface area (Å²) in [5.41, 5.74) is 1.37. The van der Waals surface area contributed by atoms with Crippen LogP contribution in [0.3, 0.4) is 0 Å². The van der Waals surface area contributed by atoms with Gasteiger partial charge in [0.15, 0.2) is 0 Å². The molecule has 0 saturated carbocycles. The first kappa shape index (κ1) is 12.0. The van der Waals surface area contributed by atoms with Gasteiger partial charge in [0.1, 0.15) is 5.82 Å². The molecule has 0 spiro atoms. The van der Waals surface area contributed by atoms with Gasteiger partial charge >= 0.3 is 0 Å². The Morgan fingerprint density at radius 2 is 2.06 bits per heavy atom. The molecule has 0 unspecified atom stereocenters. The van der Waals surface area contributed by atoms with Crippen molar-refractivity contribution in [1.29, 1.82) is 0 Å². The zero-order chi connectivity index (χ0) is 12.4. The number of terminal acetylenes is 1. The summed E-state index contributed by atoms with van der Waals surface area (Å²) in [5, 5.41) is 2.21. The zero-order valence-electron chi connectivity index (χ0n) is 9.56. The maximum Gasteiger partial charge on any atom is 0.139 e. The Hall–Kier alpha value is -1.52. The van der Waals surface area contributed by atoms with Crippen LogP contribution < -0.4 is 0 Å². The molecule has 0 atom stereocenters. The van der Waals surface area contributed by atoms with Crippen molar-refractivity contribution in [3.8, 4) is 12.3 Å². The molecule has 2 heteroatoms. The van der Waals surface area contributed by atoms with Gasteiger partial charge in [-0.05, 0) is 30.2 Å². The van der Waals surface area contributed by atoms with Gasteiger partial charge in [0, 0.05) is 15.8 Å².